The van der Waals surface area contributed by atoms with Crippen molar-refractivity contribution >= 4 is 57.6 Å². The van der Waals surface area contributed by atoms with Crippen molar-refractivity contribution in [1.82, 2.24) is 4.90 Å². The molecule has 0 unspecified atom stereocenters. The quantitative estimate of drug-likeness (QED) is 0.565. The van der Waals surface area contributed by atoms with E-state index in [2.05, 4.69) is 5.32 Å². The van der Waals surface area contributed by atoms with Crippen LogP contribution in [0.2, 0.25) is 5.02 Å². The lowest BCUT2D eigenvalue weighted by Gasteiger charge is -2.16. The number of para-hydroxylation sites is 1. The second-order valence-electron chi connectivity index (χ2n) is 5.65. The average Bonchev–Trinajstić information content (AvgIpc) is 2.90. The molecule has 1 amide bonds. The zero-order valence-electron chi connectivity index (χ0n) is 14.3. The number of benzene rings is 2. The standard InChI is InChI=1S/C19H17ClN2O2S2/c1-12-7-8-14(10-15(12)20)21-11-22-18(23)17(26-19(22)25)9-13-5-3-4-6-16(13)24-2/h3-10,21H,11H2,1-2H3/b17-9+. The molecule has 4 nitrogen and oxygen atoms in total. The second kappa shape index (κ2) is 8.12. The van der Waals surface area contributed by atoms with Gasteiger partial charge >= 0.3 is 0 Å². The Balaban J connectivity index is 1.74. The summed E-state index contributed by atoms with van der Waals surface area (Å²) in [6, 6.07) is 13.2. The Bertz CT molecular complexity index is 899. The summed E-state index contributed by atoms with van der Waals surface area (Å²) in [6.45, 7) is 2.23. The summed E-state index contributed by atoms with van der Waals surface area (Å²) in [4.78, 5) is 14.8. The summed E-state index contributed by atoms with van der Waals surface area (Å²) in [5.74, 6) is 0.585. The molecule has 2 aromatic carbocycles. The number of carbonyl (C=O) groups is 1. The number of methoxy groups -OCH3 is 1. The molecule has 1 aliphatic rings. The van der Waals surface area contributed by atoms with Crippen molar-refractivity contribution in [2.75, 3.05) is 19.1 Å². The smallest absolute Gasteiger partial charge is 0.267 e. The first-order chi connectivity index (χ1) is 12.5. The predicted molar refractivity (Wildman–Crippen MR) is 113 cm³/mol. The molecule has 0 saturated carbocycles. The van der Waals surface area contributed by atoms with Gasteiger partial charge in [0.2, 0.25) is 0 Å². The summed E-state index contributed by atoms with van der Waals surface area (Å²) < 4.78 is 5.85. The highest BCUT2D eigenvalue weighted by Crippen LogP contribution is 2.34. The molecular weight excluding hydrogens is 388 g/mol. The topological polar surface area (TPSA) is 41.6 Å². The van der Waals surface area contributed by atoms with Crippen LogP contribution in [-0.2, 0) is 4.79 Å². The third-order valence-corrected chi connectivity index (χ3v) is 5.70. The molecule has 1 heterocycles. The molecule has 1 N–H and O–H groups in total. The summed E-state index contributed by atoms with van der Waals surface area (Å²) in [5, 5.41) is 3.87. The van der Waals surface area contributed by atoms with E-state index in [9.17, 15) is 4.79 Å². The van der Waals surface area contributed by atoms with Crippen LogP contribution in [0.15, 0.2) is 47.4 Å². The predicted octanol–water partition coefficient (Wildman–Crippen LogP) is 4.93. The van der Waals surface area contributed by atoms with Gasteiger partial charge in [-0.25, -0.2) is 0 Å². The van der Waals surface area contributed by atoms with E-state index in [1.54, 1.807) is 13.2 Å². The number of nitrogens with one attached hydrogen (secondary N) is 1. The molecule has 0 aliphatic carbocycles. The Morgan fingerprint density at radius 3 is 2.81 bits per heavy atom. The number of nitrogens with zero attached hydrogens (tertiary/aromatic N) is 1. The van der Waals surface area contributed by atoms with Crippen LogP contribution in [0.3, 0.4) is 0 Å². The first-order valence-electron chi connectivity index (χ1n) is 7.88. The molecule has 1 aliphatic heterocycles. The first-order valence-corrected chi connectivity index (χ1v) is 9.48. The molecule has 1 fully saturated rings. The molecule has 0 radical (unpaired) electrons. The van der Waals surface area contributed by atoms with E-state index in [4.69, 9.17) is 28.6 Å². The monoisotopic (exact) mass is 404 g/mol. The first kappa shape index (κ1) is 18.8. The number of hydrogen-bond acceptors (Lipinski definition) is 5. The van der Waals surface area contributed by atoms with Gasteiger partial charge in [-0.05, 0) is 36.8 Å². The second-order valence-corrected chi connectivity index (χ2v) is 7.73. The minimum atomic E-state index is -0.128. The SMILES string of the molecule is COc1ccccc1/C=C1/SC(=S)N(CNc2ccc(C)c(Cl)c2)C1=O. The van der Waals surface area contributed by atoms with Gasteiger partial charge in [-0.15, -0.1) is 0 Å². The number of carbonyl (C=O) groups excluding carboxylic acids is 1. The molecule has 0 spiro atoms. The Hall–Kier alpha value is -2.02. The van der Waals surface area contributed by atoms with Gasteiger partial charge in [-0.2, -0.15) is 0 Å². The number of hydrogen-bond donors (Lipinski definition) is 1. The molecule has 1 saturated heterocycles. The number of thioether (sulfide) groups is 1. The largest absolute Gasteiger partial charge is 0.496 e. The maximum atomic E-state index is 12.7. The molecule has 2 aromatic rings. The summed E-state index contributed by atoms with van der Waals surface area (Å²) in [7, 11) is 1.61. The molecule has 26 heavy (non-hydrogen) atoms. The highest BCUT2D eigenvalue weighted by atomic mass is 35.5. The van der Waals surface area contributed by atoms with E-state index in [0.29, 0.717) is 20.0 Å². The van der Waals surface area contributed by atoms with Gasteiger partial charge in [-0.3, -0.25) is 9.69 Å². The van der Waals surface area contributed by atoms with E-state index in [1.165, 1.54) is 16.7 Å². The van der Waals surface area contributed by atoms with Crippen molar-refractivity contribution in [3.05, 3.63) is 63.5 Å². The molecular formula is C19H17ClN2O2S2. The minimum Gasteiger partial charge on any atom is -0.496 e. The lowest BCUT2D eigenvalue weighted by Crippen LogP contribution is -2.33. The zero-order chi connectivity index (χ0) is 18.7. The lowest BCUT2D eigenvalue weighted by atomic mass is 10.2. The highest BCUT2D eigenvalue weighted by Gasteiger charge is 2.32. The van der Waals surface area contributed by atoms with Gasteiger partial charge in [0, 0.05) is 16.3 Å². The maximum Gasteiger partial charge on any atom is 0.267 e. The van der Waals surface area contributed by atoms with E-state index in [1.807, 2.05) is 49.4 Å². The number of anilines is 1. The van der Waals surface area contributed by atoms with Crippen LogP contribution < -0.4 is 10.1 Å². The summed E-state index contributed by atoms with van der Waals surface area (Å²) >= 11 is 12.8. The summed E-state index contributed by atoms with van der Waals surface area (Å²) in [5.41, 5.74) is 2.68. The average molecular weight is 405 g/mol. The van der Waals surface area contributed by atoms with Gasteiger partial charge in [-0.1, -0.05) is 59.8 Å². The number of halogens is 1. The number of thiocarbonyl (C=S) groups is 1. The van der Waals surface area contributed by atoms with Crippen LogP contribution >= 0.6 is 35.6 Å². The molecule has 3 rings (SSSR count). The number of rotatable bonds is 5. The Morgan fingerprint density at radius 2 is 2.08 bits per heavy atom. The van der Waals surface area contributed by atoms with Crippen LogP contribution in [0.5, 0.6) is 5.75 Å². The fourth-order valence-electron chi connectivity index (χ4n) is 2.44. The van der Waals surface area contributed by atoms with Gasteiger partial charge in [0.05, 0.1) is 18.7 Å². The molecule has 7 heteroatoms. The Labute approximate surface area is 167 Å². The van der Waals surface area contributed by atoms with E-state index in [-0.39, 0.29) is 12.6 Å². The van der Waals surface area contributed by atoms with Gasteiger partial charge < -0.3 is 10.1 Å². The fraction of sp³-hybridized carbons (Fsp3) is 0.158. The number of ether oxygens (including phenoxy) is 1. The number of aryl methyl sites for hydroxylation is 1. The Kier molecular flexibility index (Phi) is 5.86. The van der Waals surface area contributed by atoms with Crippen molar-refractivity contribution in [3.8, 4) is 5.75 Å². The van der Waals surface area contributed by atoms with Crippen molar-refractivity contribution in [3.63, 3.8) is 0 Å². The van der Waals surface area contributed by atoms with E-state index < -0.39 is 0 Å². The van der Waals surface area contributed by atoms with Crippen LogP contribution in [0.1, 0.15) is 11.1 Å². The van der Waals surface area contributed by atoms with Gasteiger partial charge in [0.1, 0.15) is 10.1 Å². The third-order valence-electron chi connectivity index (χ3n) is 3.91. The maximum absolute atomic E-state index is 12.7. The summed E-state index contributed by atoms with van der Waals surface area (Å²) in [6.07, 6.45) is 1.81. The third kappa shape index (κ3) is 4.03. The Morgan fingerprint density at radius 1 is 1.31 bits per heavy atom. The van der Waals surface area contributed by atoms with Crippen molar-refractivity contribution in [2.24, 2.45) is 0 Å². The molecule has 134 valence electrons. The van der Waals surface area contributed by atoms with Crippen molar-refractivity contribution in [1.29, 1.82) is 0 Å². The minimum absolute atomic E-state index is 0.128. The molecule has 0 aromatic heterocycles. The zero-order valence-corrected chi connectivity index (χ0v) is 16.7. The molecule has 0 bridgehead atoms. The van der Waals surface area contributed by atoms with E-state index >= 15 is 0 Å². The highest BCUT2D eigenvalue weighted by molar-refractivity contribution is 8.26. The fourth-order valence-corrected chi connectivity index (χ4v) is 3.86. The van der Waals surface area contributed by atoms with Crippen molar-refractivity contribution < 1.29 is 9.53 Å². The number of amides is 1. The van der Waals surface area contributed by atoms with Crippen molar-refractivity contribution in [2.45, 2.75) is 6.92 Å². The van der Waals surface area contributed by atoms with Crippen LogP contribution in [0.4, 0.5) is 5.69 Å². The van der Waals surface area contributed by atoms with Crippen LogP contribution in [-0.4, -0.2) is 28.9 Å². The molecule has 0 atom stereocenters. The lowest BCUT2D eigenvalue weighted by molar-refractivity contribution is -0.121. The van der Waals surface area contributed by atoms with Gasteiger partial charge in [0.25, 0.3) is 5.91 Å². The van der Waals surface area contributed by atoms with Gasteiger partial charge in [0.15, 0.2) is 0 Å². The normalized spacial score (nSPS) is 15.7. The van der Waals surface area contributed by atoms with Crippen LogP contribution in [0.25, 0.3) is 6.08 Å². The van der Waals surface area contributed by atoms with Crippen LogP contribution in [0, 0.1) is 6.92 Å². The van der Waals surface area contributed by atoms with E-state index in [0.717, 1.165) is 16.8 Å².